The predicted molar refractivity (Wildman–Crippen MR) is 114 cm³/mol. The second kappa shape index (κ2) is 8.98. The zero-order valence-corrected chi connectivity index (χ0v) is 17.4. The summed E-state index contributed by atoms with van der Waals surface area (Å²) in [7, 11) is 0. The monoisotopic (exact) mass is 419 g/mol. The smallest absolute Gasteiger partial charge is 0.253 e. The first-order chi connectivity index (χ1) is 14.1. The highest BCUT2D eigenvalue weighted by Gasteiger charge is 2.19. The number of pyridine rings is 1. The molecule has 0 aliphatic carbocycles. The van der Waals surface area contributed by atoms with Crippen molar-refractivity contribution in [2.24, 2.45) is 0 Å². The fourth-order valence-corrected chi connectivity index (χ4v) is 3.98. The van der Waals surface area contributed by atoms with Crippen LogP contribution in [0.4, 0.5) is 0 Å². The highest BCUT2D eigenvalue weighted by atomic mass is 32.1. The van der Waals surface area contributed by atoms with Gasteiger partial charge in [0.25, 0.3) is 5.56 Å². The first kappa shape index (κ1) is 19.9. The minimum absolute atomic E-state index is 0.112. The highest BCUT2D eigenvalue weighted by Crippen LogP contribution is 2.35. The Hall–Kier alpha value is -2.36. The summed E-state index contributed by atoms with van der Waals surface area (Å²) in [5.41, 5.74) is 1.30. The molecule has 2 aromatic rings. The third-order valence-corrected chi connectivity index (χ3v) is 5.73. The molecule has 1 saturated heterocycles. The summed E-state index contributed by atoms with van der Waals surface area (Å²) in [5, 5.41) is 4.80. The van der Waals surface area contributed by atoms with Crippen molar-refractivity contribution in [1.29, 1.82) is 0 Å². The maximum absolute atomic E-state index is 12.7. The van der Waals surface area contributed by atoms with Crippen molar-refractivity contribution >= 4 is 28.2 Å². The molecule has 0 amide bonds. The number of rotatable bonds is 6. The molecule has 3 heterocycles. The van der Waals surface area contributed by atoms with E-state index in [2.05, 4.69) is 15.2 Å². The average Bonchev–Trinajstić information content (AvgIpc) is 3.18. The van der Waals surface area contributed by atoms with Gasteiger partial charge in [-0.05, 0) is 31.3 Å². The van der Waals surface area contributed by atoms with Gasteiger partial charge in [0.2, 0.25) is 6.79 Å². The van der Waals surface area contributed by atoms with E-state index in [0.29, 0.717) is 28.7 Å². The van der Waals surface area contributed by atoms with Crippen LogP contribution in [-0.4, -0.2) is 67.7 Å². The fraction of sp³-hybridized carbons (Fsp3) is 0.500. The molecule has 156 valence electrons. The standard InChI is InChI=1S/C20H26N4O4S/c1-2-21-20(29)24(4-3-23-5-7-26-8-6-23)12-15-9-14-10-17-18(28-13-27-17)11-16(14)22-19(15)25/h9-11H,2-8,12-13H2,1H3,(H,21,29)(H,22,25)/p+1. The van der Waals surface area contributed by atoms with Crippen LogP contribution >= 0.6 is 12.2 Å². The van der Waals surface area contributed by atoms with Crippen molar-refractivity contribution in [2.45, 2.75) is 13.5 Å². The van der Waals surface area contributed by atoms with E-state index in [1.165, 1.54) is 4.90 Å². The Kier molecular flexibility index (Phi) is 6.17. The molecule has 9 heteroatoms. The molecule has 0 atom stereocenters. The third kappa shape index (κ3) is 4.63. The van der Waals surface area contributed by atoms with Crippen LogP contribution in [0.2, 0.25) is 0 Å². The molecule has 3 N–H and O–H groups in total. The molecule has 0 unspecified atom stereocenters. The van der Waals surface area contributed by atoms with Crippen LogP contribution in [0.1, 0.15) is 12.5 Å². The van der Waals surface area contributed by atoms with Crippen LogP contribution in [0.25, 0.3) is 10.9 Å². The lowest BCUT2D eigenvalue weighted by Crippen LogP contribution is -3.14. The number of morpholine rings is 1. The summed E-state index contributed by atoms with van der Waals surface area (Å²) in [6.07, 6.45) is 0. The lowest BCUT2D eigenvalue weighted by atomic mass is 10.1. The number of benzene rings is 1. The topological polar surface area (TPSA) is 80.3 Å². The number of aromatic nitrogens is 1. The van der Waals surface area contributed by atoms with E-state index in [9.17, 15) is 4.79 Å². The number of nitrogens with one attached hydrogen (secondary N) is 3. The molecule has 1 aromatic carbocycles. The van der Waals surface area contributed by atoms with Gasteiger partial charge in [-0.1, -0.05) is 0 Å². The van der Waals surface area contributed by atoms with Gasteiger partial charge in [-0.2, -0.15) is 0 Å². The molecule has 2 aliphatic heterocycles. The summed E-state index contributed by atoms with van der Waals surface area (Å²) in [6, 6.07) is 5.63. The number of ether oxygens (including phenoxy) is 3. The van der Waals surface area contributed by atoms with E-state index < -0.39 is 0 Å². The number of H-pyrrole nitrogens is 1. The Morgan fingerprint density at radius 2 is 2.00 bits per heavy atom. The quantitative estimate of drug-likeness (QED) is 0.563. The first-order valence-corrected chi connectivity index (χ1v) is 10.4. The van der Waals surface area contributed by atoms with Gasteiger partial charge >= 0.3 is 0 Å². The molecular formula is C20H27N4O4S+. The average molecular weight is 420 g/mol. The van der Waals surface area contributed by atoms with Gasteiger partial charge in [0.05, 0.1) is 38.4 Å². The van der Waals surface area contributed by atoms with E-state index in [0.717, 1.165) is 56.8 Å². The molecule has 0 spiro atoms. The van der Waals surface area contributed by atoms with Crippen LogP contribution in [0.5, 0.6) is 11.5 Å². The maximum Gasteiger partial charge on any atom is 0.253 e. The summed E-state index contributed by atoms with van der Waals surface area (Å²) < 4.78 is 16.3. The largest absolute Gasteiger partial charge is 0.454 e. The summed E-state index contributed by atoms with van der Waals surface area (Å²) in [4.78, 5) is 19.3. The van der Waals surface area contributed by atoms with Gasteiger partial charge in [0.15, 0.2) is 16.6 Å². The van der Waals surface area contributed by atoms with Crippen LogP contribution in [0, 0.1) is 0 Å². The van der Waals surface area contributed by atoms with Crippen LogP contribution in [-0.2, 0) is 11.3 Å². The van der Waals surface area contributed by atoms with E-state index in [1.54, 1.807) is 0 Å². The highest BCUT2D eigenvalue weighted by molar-refractivity contribution is 7.80. The number of hydrogen-bond acceptors (Lipinski definition) is 5. The molecule has 1 aromatic heterocycles. The number of nitrogens with zero attached hydrogens (tertiary/aromatic N) is 1. The molecule has 0 bridgehead atoms. The maximum atomic E-state index is 12.7. The number of quaternary nitrogens is 1. The summed E-state index contributed by atoms with van der Waals surface area (Å²) >= 11 is 5.58. The third-order valence-electron chi connectivity index (χ3n) is 5.33. The van der Waals surface area contributed by atoms with E-state index in [-0.39, 0.29) is 12.4 Å². The van der Waals surface area contributed by atoms with Crippen molar-refractivity contribution < 1.29 is 19.1 Å². The molecular weight excluding hydrogens is 392 g/mol. The van der Waals surface area contributed by atoms with Gasteiger partial charge < -0.3 is 34.3 Å². The first-order valence-electron chi connectivity index (χ1n) is 10.0. The normalized spacial score (nSPS) is 16.2. The lowest BCUT2D eigenvalue weighted by molar-refractivity contribution is -0.907. The summed E-state index contributed by atoms with van der Waals surface area (Å²) in [5.74, 6) is 1.36. The Labute approximate surface area is 174 Å². The van der Waals surface area contributed by atoms with Gasteiger partial charge in [-0.15, -0.1) is 0 Å². The molecule has 2 aliphatic rings. The molecule has 29 heavy (non-hydrogen) atoms. The van der Waals surface area contributed by atoms with Crippen molar-refractivity contribution in [3.8, 4) is 11.5 Å². The second-order valence-electron chi connectivity index (χ2n) is 7.29. The van der Waals surface area contributed by atoms with E-state index in [1.807, 2.05) is 25.1 Å². The molecule has 1 fully saturated rings. The fourth-order valence-electron chi connectivity index (χ4n) is 3.68. The minimum atomic E-state index is -0.112. The van der Waals surface area contributed by atoms with Gasteiger partial charge in [-0.3, -0.25) is 4.79 Å². The van der Waals surface area contributed by atoms with Crippen LogP contribution in [0.3, 0.4) is 0 Å². The van der Waals surface area contributed by atoms with E-state index in [4.69, 9.17) is 26.4 Å². The van der Waals surface area contributed by atoms with E-state index >= 15 is 0 Å². The Morgan fingerprint density at radius 1 is 1.24 bits per heavy atom. The summed E-state index contributed by atoms with van der Waals surface area (Å²) in [6.45, 7) is 8.77. The van der Waals surface area contributed by atoms with Crippen LogP contribution in [0.15, 0.2) is 23.0 Å². The lowest BCUT2D eigenvalue weighted by Gasteiger charge is -2.29. The zero-order chi connectivity index (χ0) is 20.2. The van der Waals surface area contributed by atoms with Gasteiger partial charge in [-0.25, -0.2) is 0 Å². The van der Waals surface area contributed by atoms with Gasteiger partial charge in [0, 0.05) is 23.6 Å². The SMILES string of the molecule is CCNC(=S)N(CC[NH+]1CCOCC1)Cc1cc2cc3c(cc2[nH]c1=O)OCO3. The van der Waals surface area contributed by atoms with Crippen molar-refractivity contribution in [3.63, 3.8) is 0 Å². The van der Waals surface area contributed by atoms with Crippen LogP contribution < -0.4 is 25.2 Å². The Morgan fingerprint density at radius 3 is 2.76 bits per heavy atom. The number of fused-ring (bicyclic) bond motifs is 2. The zero-order valence-electron chi connectivity index (χ0n) is 16.6. The molecule has 4 rings (SSSR count). The second-order valence-corrected chi connectivity index (χ2v) is 7.67. The Bertz CT molecular complexity index is 942. The number of aromatic amines is 1. The molecule has 8 nitrogen and oxygen atoms in total. The van der Waals surface area contributed by atoms with Crippen molar-refractivity contribution in [2.75, 3.05) is 52.7 Å². The van der Waals surface area contributed by atoms with Crippen molar-refractivity contribution in [1.82, 2.24) is 15.2 Å². The molecule has 0 radical (unpaired) electrons. The Balaban J connectivity index is 1.54. The number of thiocarbonyl (C=S) groups is 1. The minimum Gasteiger partial charge on any atom is -0.454 e. The van der Waals surface area contributed by atoms with Crippen molar-refractivity contribution in [3.05, 3.63) is 34.1 Å². The van der Waals surface area contributed by atoms with Gasteiger partial charge in [0.1, 0.15) is 13.1 Å². The number of hydrogen-bond donors (Lipinski definition) is 3. The molecule has 0 saturated carbocycles. The predicted octanol–water partition coefficient (Wildman–Crippen LogP) is -0.132.